The first kappa shape index (κ1) is 40.2. The molecule has 4 heterocycles. The summed E-state index contributed by atoms with van der Waals surface area (Å²) in [5, 5.41) is 5.46. The van der Waals surface area contributed by atoms with Gasteiger partial charge in [-0.15, -0.1) is 0 Å². The molecule has 4 N–H and O–H groups in total. The van der Waals surface area contributed by atoms with Crippen molar-refractivity contribution in [1.82, 2.24) is 40.4 Å². The zero-order chi connectivity index (χ0) is 42.1. The van der Waals surface area contributed by atoms with Gasteiger partial charge in [0.2, 0.25) is 5.91 Å². The quantitative estimate of drug-likeness (QED) is 0.118. The molecule has 1 saturated carbocycles. The lowest BCUT2D eigenvalue weighted by molar-refractivity contribution is -0.136. The van der Waals surface area contributed by atoms with Gasteiger partial charge in [-0.05, 0) is 84.4 Å². The number of hydrogen-bond donors (Lipinski definition) is 4. The van der Waals surface area contributed by atoms with Crippen LogP contribution in [0.5, 0.6) is 0 Å². The van der Waals surface area contributed by atoms with Crippen molar-refractivity contribution in [1.29, 1.82) is 0 Å². The van der Waals surface area contributed by atoms with E-state index in [0.29, 0.717) is 24.5 Å². The average Bonchev–Trinajstić information content (AvgIpc) is 3.68. The lowest BCUT2D eigenvalue weighted by Gasteiger charge is -2.30. The smallest absolute Gasteiger partial charge is 0.407 e. The second-order valence-corrected chi connectivity index (χ2v) is 16.7. The molecule has 3 fully saturated rings. The van der Waals surface area contributed by atoms with Crippen LogP contribution in [-0.2, 0) is 19.1 Å². The van der Waals surface area contributed by atoms with Gasteiger partial charge in [0.15, 0.2) is 0 Å². The Morgan fingerprint density at radius 2 is 1.53 bits per heavy atom. The van der Waals surface area contributed by atoms with E-state index in [1.807, 2.05) is 91.5 Å². The zero-order valence-corrected chi connectivity index (χ0v) is 34.5. The van der Waals surface area contributed by atoms with Gasteiger partial charge in [0.05, 0.1) is 49.2 Å². The second-order valence-electron chi connectivity index (χ2n) is 16.7. The van der Waals surface area contributed by atoms with Gasteiger partial charge in [-0.1, -0.05) is 75.1 Å². The number of aromatic amines is 2. The maximum Gasteiger partial charge on any atom is 0.407 e. The minimum absolute atomic E-state index is 0.104. The van der Waals surface area contributed by atoms with Crippen LogP contribution in [0.25, 0.3) is 22.3 Å². The average molecular weight is 811 g/mol. The van der Waals surface area contributed by atoms with E-state index in [0.717, 1.165) is 64.9 Å². The van der Waals surface area contributed by atoms with Gasteiger partial charge >= 0.3 is 12.2 Å². The van der Waals surface area contributed by atoms with Crippen LogP contribution in [0.4, 0.5) is 9.59 Å². The number of H-pyrrole nitrogens is 2. The number of fused-ring (bicyclic) bond motifs is 1. The number of nitrogens with zero attached hydrogens (tertiary/aromatic N) is 4. The third kappa shape index (κ3) is 8.30. The van der Waals surface area contributed by atoms with E-state index < -0.39 is 24.3 Å². The largest absolute Gasteiger partial charge is 0.453 e. The molecule has 3 aromatic carbocycles. The number of hydrogen-bond acceptors (Lipinski definition) is 8. The topological polar surface area (TPSA) is 175 Å². The standard InChI is InChI=1S/C46H50N8O6/c1-27(2)38(51-44(57)59-4)42(55)54-26-46(19-20-46)23-37(54)41-48-33-18-15-30(22-34(33)49-41)12-11-29-13-16-31(17-14-29)35-24-47-40(50-35)36-21-28(3)25-53(36)43(56)39(52-45(58)60-5)32-9-7-6-8-10-32/h6-10,13-18,22,24,27-28,36-39H,19-21,23,25-26H2,1-5H3,(H,47,50)(H,48,49)(H,51,57)(H,52,58)/t28-,36+,37+,38+,39-/m1/s1. The van der Waals surface area contributed by atoms with Gasteiger partial charge in [0, 0.05) is 24.2 Å². The number of rotatable bonds is 9. The third-order valence-corrected chi connectivity index (χ3v) is 12.0. The Morgan fingerprint density at radius 3 is 2.23 bits per heavy atom. The number of ether oxygens (including phenoxy) is 2. The number of alkyl carbamates (subject to hydrolysis) is 2. The van der Waals surface area contributed by atoms with Gasteiger partial charge in [-0.3, -0.25) is 9.59 Å². The Balaban J connectivity index is 0.957. The van der Waals surface area contributed by atoms with Crippen LogP contribution in [0.15, 0.2) is 79.0 Å². The van der Waals surface area contributed by atoms with Crippen LogP contribution < -0.4 is 10.6 Å². The van der Waals surface area contributed by atoms with E-state index in [1.165, 1.54) is 14.2 Å². The first-order chi connectivity index (χ1) is 28.9. The third-order valence-electron chi connectivity index (χ3n) is 12.0. The first-order valence-electron chi connectivity index (χ1n) is 20.5. The Bertz CT molecular complexity index is 2460. The van der Waals surface area contributed by atoms with E-state index in [9.17, 15) is 19.2 Å². The summed E-state index contributed by atoms with van der Waals surface area (Å²) in [6.07, 6.45) is 4.18. The molecule has 2 aromatic heterocycles. The van der Waals surface area contributed by atoms with E-state index in [1.54, 1.807) is 11.1 Å². The zero-order valence-electron chi connectivity index (χ0n) is 34.5. The van der Waals surface area contributed by atoms with Crippen molar-refractivity contribution in [3.05, 3.63) is 107 Å². The number of likely N-dealkylation sites (tertiary alicyclic amines) is 2. The number of carbonyl (C=O) groups is 4. The number of carbonyl (C=O) groups excluding carboxylic acids is 4. The molecule has 0 unspecified atom stereocenters. The lowest BCUT2D eigenvalue weighted by Crippen LogP contribution is -2.51. The first-order valence-corrected chi connectivity index (χ1v) is 20.5. The number of imidazole rings is 2. The summed E-state index contributed by atoms with van der Waals surface area (Å²) in [4.78, 5) is 72.5. The maximum absolute atomic E-state index is 14.0. The Kier molecular flexibility index (Phi) is 11.1. The van der Waals surface area contributed by atoms with Crippen LogP contribution in [0.1, 0.15) is 92.9 Å². The van der Waals surface area contributed by atoms with Crippen molar-refractivity contribution >= 4 is 35.0 Å². The molecular formula is C46H50N8O6. The van der Waals surface area contributed by atoms with Crippen molar-refractivity contribution in [3.63, 3.8) is 0 Å². The molecule has 0 radical (unpaired) electrons. The highest BCUT2D eigenvalue weighted by molar-refractivity contribution is 5.88. The molecule has 1 spiro atoms. The summed E-state index contributed by atoms with van der Waals surface area (Å²) in [6.45, 7) is 7.11. The van der Waals surface area contributed by atoms with Gasteiger partial charge < -0.3 is 39.9 Å². The molecule has 3 aliphatic rings. The van der Waals surface area contributed by atoms with Crippen molar-refractivity contribution < 1.29 is 28.7 Å². The molecule has 8 rings (SSSR count). The minimum atomic E-state index is -0.898. The predicted molar refractivity (Wildman–Crippen MR) is 224 cm³/mol. The number of amides is 4. The van der Waals surface area contributed by atoms with E-state index in [4.69, 9.17) is 19.4 Å². The highest BCUT2D eigenvalue weighted by atomic mass is 16.5. The number of methoxy groups -OCH3 is 2. The molecular weight excluding hydrogens is 761 g/mol. The molecule has 14 heteroatoms. The summed E-state index contributed by atoms with van der Waals surface area (Å²) in [7, 11) is 2.58. The van der Waals surface area contributed by atoms with Crippen molar-refractivity contribution in [2.75, 3.05) is 27.3 Å². The van der Waals surface area contributed by atoms with Crippen LogP contribution in [0.2, 0.25) is 0 Å². The molecule has 1 aliphatic carbocycles. The number of nitrogens with one attached hydrogen (secondary N) is 4. The van der Waals surface area contributed by atoms with E-state index >= 15 is 0 Å². The van der Waals surface area contributed by atoms with Crippen molar-refractivity contribution in [2.45, 2.75) is 70.6 Å². The Morgan fingerprint density at radius 1 is 0.833 bits per heavy atom. The fourth-order valence-electron chi connectivity index (χ4n) is 8.57. The van der Waals surface area contributed by atoms with Crippen LogP contribution >= 0.6 is 0 Å². The molecule has 310 valence electrons. The summed E-state index contributed by atoms with van der Waals surface area (Å²) in [6, 6.07) is 20.8. The van der Waals surface area contributed by atoms with Crippen LogP contribution in [-0.4, -0.2) is 87.1 Å². The van der Waals surface area contributed by atoms with Gasteiger partial charge in [0.25, 0.3) is 5.91 Å². The molecule has 60 heavy (non-hydrogen) atoms. The highest BCUT2D eigenvalue weighted by Gasteiger charge is 2.55. The lowest BCUT2D eigenvalue weighted by atomic mass is 10.0. The summed E-state index contributed by atoms with van der Waals surface area (Å²) in [5.74, 6) is 7.75. The Hall–Kier alpha value is -6.62. The molecule has 0 bridgehead atoms. The van der Waals surface area contributed by atoms with E-state index in [-0.39, 0.29) is 41.1 Å². The van der Waals surface area contributed by atoms with Crippen molar-refractivity contribution in [2.24, 2.45) is 17.3 Å². The number of benzene rings is 3. The summed E-state index contributed by atoms with van der Waals surface area (Å²) in [5.41, 5.74) is 5.82. The Labute approximate surface area is 348 Å². The van der Waals surface area contributed by atoms with Crippen LogP contribution in [0.3, 0.4) is 0 Å². The fourth-order valence-corrected chi connectivity index (χ4v) is 8.57. The summed E-state index contributed by atoms with van der Waals surface area (Å²) >= 11 is 0. The van der Waals surface area contributed by atoms with E-state index in [2.05, 4.69) is 39.4 Å². The fraction of sp³-hybridized carbons (Fsp3) is 0.391. The molecule has 4 amide bonds. The van der Waals surface area contributed by atoms with Crippen molar-refractivity contribution in [3.8, 4) is 23.1 Å². The monoisotopic (exact) mass is 810 g/mol. The summed E-state index contributed by atoms with van der Waals surface area (Å²) < 4.78 is 9.65. The van der Waals surface area contributed by atoms with Gasteiger partial charge in [-0.2, -0.15) is 0 Å². The normalized spacial score (nSPS) is 20.1. The van der Waals surface area contributed by atoms with Crippen LogP contribution in [0, 0.1) is 29.1 Å². The molecule has 14 nitrogen and oxygen atoms in total. The second kappa shape index (κ2) is 16.6. The number of aromatic nitrogens is 4. The molecule has 2 aliphatic heterocycles. The highest BCUT2D eigenvalue weighted by Crippen LogP contribution is 2.58. The predicted octanol–water partition coefficient (Wildman–Crippen LogP) is 6.79. The van der Waals surface area contributed by atoms with Gasteiger partial charge in [-0.25, -0.2) is 19.6 Å². The molecule has 5 atom stereocenters. The maximum atomic E-state index is 14.0. The SMILES string of the molecule is COC(=O)N[C@H](C(=O)N1CC2(CC2)C[C@H]1c1nc2ccc(C#Cc3ccc(-c4cnc([C@@H]5C[C@@H](C)CN5C(=O)[C@H](NC(=O)OC)c5ccccc5)[nH]4)cc3)cc2[nH]1)C(C)C. The van der Waals surface area contributed by atoms with Gasteiger partial charge in [0.1, 0.15) is 23.7 Å². The molecule has 2 saturated heterocycles. The molecule has 5 aromatic rings. The minimum Gasteiger partial charge on any atom is -0.453 e.